The first-order valence-corrected chi connectivity index (χ1v) is 7.19. The van der Waals surface area contributed by atoms with Crippen molar-refractivity contribution in [3.05, 3.63) is 35.0 Å². The van der Waals surface area contributed by atoms with Crippen molar-refractivity contribution in [2.45, 2.75) is 20.0 Å². The number of morpholine rings is 1. The Balaban J connectivity index is 1.89. The van der Waals surface area contributed by atoms with Gasteiger partial charge in [-0.15, -0.1) is 0 Å². The molecule has 1 fully saturated rings. The molecule has 1 saturated heterocycles. The molecule has 6 heteroatoms. The number of nitrogens with one attached hydrogen (secondary N) is 1. The average Bonchev–Trinajstić information content (AvgIpc) is 2.90. The lowest BCUT2D eigenvalue weighted by Crippen LogP contribution is -2.48. The quantitative estimate of drug-likeness (QED) is 0.884. The van der Waals surface area contributed by atoms with Gasteiger partial charge < -0.3 is 19.7 Å². The van der Waals surface area contributed by atoms with Crippen LogP contribution in [0, 0.1) is 13.8 Å². The molecule has 0 radical (unpaired) electrons. The van der Waals surface area contributed by atoms with Crippen molar-refractivity contribution in [3.63, 3.8) is 0 Å². The predicted octanol–water partition coefficient (Wildman–Crippen LogP) is 1.71. The van der Waals surface area contributed by atoms with Crippen LogP contribution in [0.1, 0.15) is 21.6 Å². The molecule has 1 amide bonds. The molecule has 3 rings (SSSR count). The summed E-state index contributed by atoms with van der Waals surface area (Å²) in [4.78, 5) is 28.3. The van der Waals surface area contributed by atoms with E-state index < -0.39 is 12.1 Å². The second-order valence-corrected chi connectivity index (χ2v) is 5.67. The summed E-state index contributed by atoms with van der Waals surface area (Å²) < 4.78 is 5.15. The van der Waals surface area contributed by atoms with Gasteiger partial charge in [0.25, 0.3) is 5.91 Å². The summed E-state index contributed by atoms with van der Waals surface area (Å²) in [7, 11) is 0. The third-order valence-corrected chi connectivity index (χ3v) is 3.95. The standard InChI is InChI=1S/C16H18N2O4/c1-9-5-10(2)11-7-13(17-12(11)6-9)15(19)18-3-4-22-14(8-18)16(20)21/h5-7,14,17H,3-4,8H2,1-2H3,(H,20,21)/t14-/m1/s1. The van der Waals surface area contributed by atoms with Gasteiger partial charge in [-0.1, -0.05) is 6.07 Å². The first-order valence-electron chi connectivity index (χ1n) is 7.19. The van der Waals surface area contributed by atoms with Crippen LogP contribution in [-0.4, -0.2) is 52.7 Å². The molecule has 0 unspecified atom stereocenters. The molecule has 6 nitrogen and oxygen atoms in total. The van der Waals surface area contributed by atoms with E-state index in [1.807, 2.05) is 26.0 Å². The second-order valence-electron chi connectivity index (χ2n) is 5.67. The van der Waals surface area contributed by atoms with Gasteiger partial charge >= 0.3 is 5.97 Å². The summed E-state index contributed by atoms with van der Waals surface area (Å²) in [6, 6.07) is 5.90. The number of carboxylic acid groups (broad SMARTS) is 1. The SMILES string of the molecule is Cc1cc(C)c2cc(C(=O)N3CCO[C@@H](C(=O)O)C3)[nH]c2c1. The van der Waals surface area contributed by atoms with Crippen molar-refractivity contribution in [2.75, 3.05) is 19.7 Å². The lowest BCUT2D eigenvalue weighted by molar-refractivity contribution is -0.154. The lowest BCUT2D eigenvalue weighted by Gasteiger charge is -2.30. The van der Waals surface area contributed by atoms with Crippen molar-refractivity contribution in [1.29, 1.82) is 0 Å². The van der Waals surface area contributed by atoms with Crippen LogP contribution in [0.2, 0.25) is 0 Å². The minimum absolute atomic E-state index is 0.0710. The number of aromatic nitrogens is 1. The molecule has 0 aliphatic carbocycles. The number of carboxylic acids is 1. The molecule has 1 aliphatic heterocycles. The first kappa shape index (κ1) is 14.6. The fourth-order valence-corrected chi connectivity index (χ4v) is 2.87. The van der Waals surface area contributed by atoms with Crippen molar-refractivity contribution >= 4 is 22.8 Å². The van der Waals surface area contributed by atoms with E-state index in [9.17, 15) is 9.59 Å². The number of amides is 1. The molecule has 1 aromatic heterocycles. The van der Waals surface area contributed by atoms with Crippen molar-refractivity contribution in [1.82, 2.24) is 9.88 Å². The highest BCUT2D eigenvalue weighted by molar-refractivity contribution is 5.99. The summed E-state index contributed by atoms with van der Waals surface area (Å²) in [6.07, 6.45) is -0.953. The highest BCUT2D eigenvalue weighted by Gasteiger charge is 2.30. The summed E-state index contributed by atoms with van der Waals surface area (Å²) >= 11 is 0. The van der Waals surface area contributed by atoms with Crippen molar-refractivity contribution in [3.8, 4) is 0 Å². The number of aliphatic carboxylic acids is 1. The largest absolute Gasteiger partial charge is 0.479 e. The average molecular weight is 302 g/mol. The van der Waals surface area contributed by atoms with Crippen molar-refractivity contribution < 1.29 is 19.4 Å². The van der Waals surface area contributed by atoms with Crippen LogP contribution in [0.15, 0.2) is 18.2 Å². The zero-order valence-corrected chi connectivity index (χ0v) is 12.5. The summed E-state index contributed by atoms with van der Waals surface area (Å²) in [5, 5.41) is 10.0. The van der Waals surface area contributed by atoms with Crippen LogP contribution in [0.5, 0.6) is 0 Å². The Bertz CT molecular complexity index is 750. The number of hydrogen-bond acceptors (Lipinski definition) is 3. The number of aryl methyl sites for hydroxylation is 2. The van der Waals surface area contributed by atoms with Crippen LogP contribution in [0.25, 0.3) is 10.9 Å². The van der Waals surface area contributed by atoms with E-state index in [-0.39, 0.29) is 19.1 Å². The fourth-order valence-electron chi connectivity index (χ4n) is 2.87. The number of rotatable bonds is 2. The van der Waals surface area contributed by atoms with Gasteiger partial charge in [-0.05, 0) is 37.1 Å². The molecule has 1 aromatic carbocycles. The van der Waals surface area contributed by atoms with E-state index in [1.165, 1.54) is 4.90 Å². The summed E-state index contributed by atoms with van der Waals surface area (Å²) in [5.41, 5.74) is 3.64. The molecule has 2 aromatic rings. The smallest absolute Gasteiger partial charge is 0.334 e. The zero-order valence-electron chi connectivity index (χ0n) is 12.5. The molecule has 0 spiro atoms. The third-order valence-electron chi connectivity index (χ3n) is 3.95. The normalized spacial score (nSPS) is 18.6. The Kier molecular flexibility index (Phi) is 3.62. The molecule has 2 N–H and O–H groups in total. The summed E-state index contributed by atoms with van der Waals surface area (Å²) in [5.74, 6) is -1.23. The molecule has 116 valence electrons. The molecule has 1 atom stereocenters. The first-order chi connectivity index (χ1) is 10.5. The van der Waals surface area contributed by atoms with Gasteiger partial charge in [-0.3, -0.25) is 4.79 Å². The molecule has 0 saturated carbocycles. The highest BCUT2D eigenvalue weighted by Crippen LogP contribution is 2.22. The Labute approximate surface area is 127 Å². The van der Waals surface area contributed by atoms with Gasteiger partial charge in [0.1, 0.15) is 5.69 Å². The van der Waals surface area contributed by atoms with Crippen molar-refractivity contribution in [2.24, 2.45) is 0 Å². The minimum Gasteiger partial charge on any atom is -0.479 e. The molecule has 0 bridgehead atoms. The van der Waals surface area contributed by atoms with Gasteiger partial charge in [-0.2, -0.15) is 0 Å². The van der Waals surface area contributed by atoms with Crippen LogP contribution < -0.4 is 0 Å². The van der Waals surface area contributed by atoms with E-state index in [0.717, 1.165) is 22.0 Å². The van der Waals surface area contributed by atoms with Gasteiger partial charge in [0.15, 0.2) is 6.10 Å². The molecular weight excluding hydrogens is 284 g/mol. The molecule has 2 heterocycles. The lowest BCUT2D eigenvalue weighted by atomic mass is 10.1. The maximum Gasteiger partial charge on any atom is 0.334 e. The number of hydrogen-bond donors (Lipinski definition) is 2. The number of carbonyl (C=O) groups excluding carboxylic acids is 1. The van der Waals surface area contributed by atoms with E-state index in [4.69, 9.17) is 9.84 Å². The van der Waals surface area contributed by atoms with Crippen LogP contribution in [0.3, 0.4) is 0 Å². The van der Waals surface area contributed by atoms with Crippen LogP contribution >= 0.6 is 0 Å². The fraction of sp³-hybridized carbons (Fsp3) is 0.375. The Morgan fingerprint density at radius 1 is 1.32 bits per heavy atom. The van der Waals surface area contributed by atoms with E-state index in [1.54, 1.807) is 0 Å². The maximum atomic E-state index is 12.6. The Morgan fingerprint density at radius 2 is 2.09 bits per heavy atom. The topological polar surface area (TPSA) is 82.6 Å². The summed E-state index contributed by atoms with van der Waals surface area (Å²) in [6.45, 7) is 4.72. The van der Waals surface area contributed by atoms with E-state index in [0.29, 0.717) is 12.2 Å². The Hall–Kier alpha value is -2.34. The number of ether oxygens (including phenoxy) is 1. The van der Waals surface area contributed by atoms with Crippen LogP contribution in [0.4, 0.5) is 0 Å². The third kappa shape index (κ3) is 2.57. The van der Waals surface area contributed by atoms with E-state index >= 15 is 0 Å². The number of fused-ring (bicyclic) bond motifs is 1. The van der Waals surface area contributed by atoms with Gasteiger partial charge in [0.05, 0.1) is 13.2 Å². The van der Waals surface area contributed by atoms with E-state index in [2.05, 4.69) is 11.1 Å². The van der Waals surface area contributed by atoms with Gasteiger partial charge in [0, 0.05) is 17.4 Å². The molecular formula is C16H18N2O4. The maximum absolute atomic E-state index is 12.6. The second kappa shape index (κ2) is 5.46. The number of carbonyl (C=O) groups is 2. The molecule has 1 aliphatic rings. The number of nitrogens with zero attached hydrogens (tertiary/aromatic N) is 1. The molecule has 22 heavy (non-hydrogen) atoms. The Morgan fingerprint density at radius 3 is 2.82 bits per heavy atom. The highest BCUT2D eigenvalue weighted by atomic mass is 16.5. The minimum atomic E-state index is -1.04. The van der Waals surface area contributed by atoms with Gasteiger partial charge in [0.2, 0.25) is 0 Å². The number of H-pyrrole nitrogens is 1. The monoisotopic (exact) mass is 302 g/mol. The number of benzene rings is 1. The van der Waals surface area contributed by atoms with Crippen LogP contribution in [-0.2, 0) is 9.53 Å². The zero-order chi connectivity index (χ0) is 15.9. The van der Waals surface area contributed by atoms with Gasteiger partial charge in [-0.25, -0.2) is 4.79 Å². The number of aromatic amines is 1. The predicted molar refractivity (Wildman–Crippen MR) is 81.1 cm³/mol.